The predicted octanol–water partition coefficient (Wildman–Crippen LogP) is 3.77. The van der Waals surface area contributed by atoms with Crippen molar-refractivity contribution >= 4 is 38.2 Å². The van der Waals surface area contributed by atoms with Crippen molar-refractivity contribution in [1.29, 1.82) is 0 Å². The highest BCUT2D eigenvalue weighted by atomic mass is 32.2. The van der Waals surface area contributed by atoms with Crippen molar-refractivity contribution in [3.63, 3.8) is 0 Å². The van der Waals surface area contributed by atoms with Crippen LogP contribution in [0.25, 0.3) is 11.0 Å². The van der Waals surface area contributed by atoms with Crippen molar-refractivity contribution in [2.45, 2.75) is 30.0 Å². The van der Waals surface area contributed by atoms with Crippen molar-refractivity contribution in [3.8, 4) is 0 Å². The van der Waals surface area contributed by atoms with E-state index in [0.717, 1.165) is 11.0 Å². The highest BCUT2D eigenvalue weighted by Gasteiger charge is 2.21. The molecular formula is C19H22N2O4S2. The van der Waals surface area contributed by atoms with Gasteiger partial charge in [0.2, 0.25) is 5.91 Å². The fourth-order valence-corrected chi connectivity index (χ4v) is 5.16. The second-order valence-electron chi connectivity index (χ2n) is 6.34. The van der Waals surface area contributed by atoms with Crippen LogP contribution in [-0.4, -0.2) is 32.2 Å². The van der Waals surface area contributed by atoms with Crippen LogP contribution in [0.3, 0.4) is 0 Å². The molecule has 3 rings (SSSR count). The van der Waals surface area contributed by atoms with Crippen LogP contribution in [0.1, 0.15) is 31.6 Å². The highest BCUT2D eigenvalue weighted by molar-refractivity contribution is 7.91. The van der Waals surface area contributed by atoms with Gasteiger partial charge in [-0.15, -0.1) is 11.3 Å². The lowest BCUT2D eigenvalue weighted by molar-refractivity contribution is -0.122. The molecule has 1 amide bonds. The largest absolute Gasteiger partial charge is 0.459 e. The summed E-state index contributed by atoms with van der Waals surface area (Å²) in [6.07, 6.45) is 0.689. The van der Waals surface area contributed by atoms with Gasteiger partial charge in [0.1, 0.15) is 15.6 Å². The average molecular weight is 407 g/mol. The van der Waals surface area contributed by atoms with Crippen LogP contribution in [0.2, 0.25) is 0 Å². The van der Waals surface area contributed by atoms with Crippen LogP contribution in [0, 0.1) is 0 Å². The number of rotatable bonds is 8. The Morgan fingerprint density at radius 3 is 2.74 bits per heavy atom. The number of para-hydroxylation sites is 1. The van der Waals surface area contributed by atoms with Crippen LogP contribution in [0.15, 0.2) is 56.5 Å². The summed E-state index contributed by atoms with van der Waals surface area (Å²) in [6.45, 7) is 2.15. The smallest absolute Gasteiger partial charge is 0.252 e. The lowest BCUT2D eigenvalue weighted by Crippen LogP contribution is -2.30. The molecule has 3 aromatic rings. The monoisotopic (exact) mass is 406 g/mol. The number of carbonyl (C=O) groups excluding carboxylic acids is 1. The number of furan rings is 1. The van der Waals surface area contributed by atoms with E-state index < -0.39 is 10.0 Å². The first-order chi connectivity index (χ1) is 12.9. The van der Waals surface area contributed by atoms with E-state index in [4.69, 9.17) is 4.42 Å². The minimum atomic E-state index is -3.47. The quantitative estimate of drug-likeness (QED) is 0.617. The first-order valence-corrected chi connectivity index (χ1v) is 11.0. The normalized spacial score (nSPS) is 13.1. The van der Waals surface area contributed by atoms with Gasteiger partial charge < -0.3 is 9.73 Å². The van der Waals surface area contributed by atoms with Gasteiger partial charge in [-0.05, 0) is 36.9 Å². The van der Waals surface area contributed by atoms with Crippen LogP contribution >= 0.6 is 11.3 Å². The molecule has 2 heterocycles. The second kappa shape index (κ2) is 8.24. The molecule has 0 bridgehead atoms. The zero-order valence-corrected chi connectivity index (χ0v) is 16.8. The summed E-state index contributed by atoms with van der Waals surface area (Å²) in [6, 6.07) is 12.6. The van der Waals surface area contributed by atoms with Crippen LogP contribution < -0.4 is 5.32 Å². The minimum Gasteiger partial charge on any atom is -0.459 e. The molecule has 1 N–H and O–H groups in total. The summed E-state index contributed by atoms with van der Waals surface area (Å²) in [4.78, 5) is 12.2. The van der Waals surface area contributed by atoms with Crippen LogP contribution in [-0.2, 0) is 14.8 Å². The summed E-state index contributed by atoms with van der Waals surface area (Å²) in [5, 5.41) is 5.62. The molecule has 0 aliphatic heterocycles. The van der Waals surface area contributed by atoms with Gasteiger partial charge >= 0.3 is 0 Å². The van der Waals surface area contributed by atoms with Crippen molar-refractivity contribution in [2.24, 2.45) is 0 Å². The zero-order valence-electron chi connectivity index (χ0n) is 15.2. The summed E-state index contributed by atoms with van der Waals surface area (Å²) in [5.41, 5.74) is 0.786. The molecule has 8 heteroatoms. The summed E-state index contributed by atoms with van der Waals surface area (Å²) in [7, 11) is -1.94. The van der Waals surface area contributed by atoms with E-state index in [0.29, 0.717) is 16.4 Å². The number of carbonyl (C=O) groups is 1. The predicted molar refractivity (Wildman–Crippen MR) is 106 cm³/mol. The number of benzene rings is 1. The summed E-state index contributed by atoms with van der Waals surface area (Å²) in [5.74, 6) is 0.562. The molecule has 0 unspecified atom stereocenters. The van der Waals surface area contributed by atoms with Crippen molar-refractivity contribution in [1.82, 2.24) is 9.62 Å². The first kappa shape index (κ1) is 19.6. The first-order valence-electron chi connectivity index (χ1n) is 8.65. The number of nitrogens with one attached hydrogen (secondary N) is 1. The fourth-order valence-electron chi connectivity index (χ4n) is 2.75. The highest BCUT2D eigenvalue weighted by Crippen LogP contribution is 2.24. The summed E-state index contributed by atoms with van der Waals surface area (Å²) >= 11 is 1.19. The van der Waals surface area contributed by atoms with E-state index >= 15 is 0 Å². The molecule has 0 aliphatic rings. The van der Waals surface area contributed by atoms with Crippen molar-refractivity contribution in [3.05, 3.63) is 53.6 Å². The third-order valence-electron chi connectivity index (χ3n) is 4.29. The van der Waals surface area contributed by atoms with E-state index in [-0.39, 0.29) is 24.9 Å². The Balaban J connectivity index is 1.49. The maximum atomic E-state index is 12.3. The molecule has 1 atom stereocenters. The van der Waals surface area contributed by atoms with E-state index in [1.54, 1.807) is 17.5 Å². The molecule has 1 aromatic carbocycles. The van der Waals surface area contributed by atoms with Gasteiger partial charge in [-0.25, -0.2) is 12.7 Å². The van der Waals surface area contributed by atoms with E-state index in [2.05, 4.69) is 5.32 Å². The maximum Gasteiger partial charge on any atom is 0.252 e. The number of amides is 1. The Bertz CT molecular complexity index is 976. The Kier molecular flexibility index (Phi) is 5.98. The van der Waals surface area contributed by atoms with Crippen LogP contribution in [0.4, 0.5) is 0 Å². The molecule has 27 heavy (non-hydrogen) atoms. The number of nitrogens with zero attached hydrogens (tertiary/aromatic N) is 1. The molecule has 0 saturated carbocycles. The van der Waals surface area contributed by atoms with Crippen molar-refractivity contribution in [2.75, 3.05) is 13.6 Å². The molecule has 0 saturated heterocycles. The van der Waals surface area contributed by atoms with Gasteiger partial charge in [-0.2, -0.15) is 0 Å². The van der Waals surface area contributed by atoms with Gasteiger partial charge in [0.25, 0.3) is 10.0 Å². The third-order valence-corrected chi connectivity index (χ3v) is 7.52. The molecule has 144 valence electrons. The molecule has 0 fully saturated rings. The number of sulfonamides is 1. The fraction of sp³-hybridized carbons (Fsp3) is 0.316. The number of fused-ring (bicyclic) bond motifs is 1. The Morgan fingerprint density at radius 1 is 1.26 bits per heavy atom. The lowest BCUT2D eigenvalue weighted by Gasteiger charge is -2.16. The Labute approximate surface area is 162 Å². The van der Waals surface area contributed by atoms with Crippen LogP contribution in [0.5, 0.6) is 0 Å². The number of hydrogen-bond acceptors (Lipinski definition) is 5. The second-order valence-corrected chi connectivity index (χ2v) is 9.56. The zero-order chi connectivity index (χ0) is 19.4. The average Bonchev–Trinajstić information content (AvgIpc) is 3.31. The SMILES string of the molecule is C[C@@H](NC(=O)CCCN(C)S(=O)(=O)c1cccs1)c1cc2ccccc2o1. The maximum absolute atomic E-state index is 12.3. The van der Waals surface area contributed by atoms with Gasteiger partial charge in [-0.3, -0.25) is 4.79 Å². The van der Waals surface area contributed by atoms with Gasteiger partial charge in [0.15, 0.2) is 0 Å². The Morgan fingerprint density at radius 2 is 2.04 bits per heavy atom. The van der Waals surface area contributed by atoms with Gasteiger partial charge in [0, 0.05) is 25.4 Å². The van der Waals surface area contributed by atoms with E-state index in [1.165, 1.54) is 22.7 Å². The van der Waals surface area contributed by atoms with Crippen molar-refractivity contribution < 1.29 is 17.6 Å². The molecule has 6 nitrogen and oxygen atoms in total. The minimum absolute atomic E-state index is 0.134. The standard InChI is InChI=1S/C19H22N2O4S2/c1-14(17-13-15-7-3-4-8-16(15)25-17)20-18(22)9-5-11-21(2)27(23,24)19-10-6-12-26-19/h3-4,6-8,10,12-14H,5,9,11H2,1-2H3,(H,20,22)/t14-/m1/s1. The summed E-state index contributed by atoms with van der Waals surface area (Å²) < 4.78 is 32.0. The lowest BCUT2D eigenvalue weighted by atomic mass is 10.2. The molecule has 0 spiro atoms. The number of hydrogen-bond donors (Lipinski definition) is 1. The molecule has 0 aliphatic carbocycles. The molecular weight excluding hydrogens is 384 g/mol. The third kappa shape index (κ3) is 4.58. The Hall–Kier alpha value is -2.16. The van der Waals surface area contributed by atoms with Gasteiger partial charge in [0.05, 0.1) is 6.04 Å². The number of thiophene rings is 1. The van der Waals surface area contributed by atoms with E-state index in [1.807, 2.05) is 37.3 Å². The van der Waals surface area contributed by atoms with Gasteiger partial charge in [-0.1, -0.05) is 24.3 Å². The topological polar surface area (TPSA) is 79.6 Å². The molecule has 2 aromatic heterocycles. The van der Waals surface area contributed by atoms with E-state index in [9.17, 15) is 13.2 Å². The molecule has 0 radical (unpaired) electrons.